The highest BCUT2D eigenvalue weighted by Gasteiger charge is 2.33. The summed E-state index contributed by atoms with van der Waals surface area (Å²) in [6.07, 6.45) is 0.519. The number of aromatic nitrogens is 2. The number of ketones is 1. The maximum Gasteiger partial charge on any atom is 0.304 e. The van der Waals surface area contributed by atoms with E-state index in [9.17, 15) is 24.3 Å². The van der Waals surface area contributed by atoms with Gasteiger partial charge in [0.05, 0.1) is 18.9 Å². The number of hydrogen-bond donors (Lipinski definition) is 3. The first-order chi connectivity index (χ1) is 19.9. The van der Waals surface area contributed by atoms with Crippen molar-refractivity contribution in [1.82, 2.24) is 20.8 Å². The van der Waals surface area contributed by atoms with Gasteiger partial charge in [0.25, 0.3) is 5.89 Å². The monoisotopic (exact) mass is 576 g/mol. The standard InChI is InChI=1S/C32H40N4O6/c1-19(2)14-24(18-27(37)38)30(40)33-25(16-22-11-7-6-8-12-22)31(41)34-28(20(3)4)29(39)32-36-35-26(42-32)17-23-13-9-10-21(5)15-23/h6-13,15,19-20,24-25,28H,14,16-18H2,1-5H3,(H,33,40)(H,34,41)(H,37,38)/t24-,25+,28+/m1/s1. The summed E-state index contributed by atoms with van der Waals surface area (Å²) < 4.78 is 5.68. The molecule has 2 aromatic carbocycles. The molecule has 0 unspecified atom stereocenters. The number of hydrogen-bond acceptors (Lipinski definition) is 7. The summed E-state index contributed by atoms with van der Waals surface area (Å²) >= 11 is 0. The van der Waals surface area contributed by atoms with Crippen molar-refractivity contribution in [2.75, 3.05) is 0 Å². The van der Waals surface area contributed by atoms with E-state index in [0.717, 1.165) is 16.7 Å². The number of amides is 2. The second-order valence-corrected chi connectivity index (χ2v) is 11.4. The molecule has 0 bridgehead atoms. The fraction of sp³-hybridized carbons (Fsp3) is 0.438. The SMILES string of the molecule is Cc1cccc(Cc2nnc(C(=O)[C@@H](NC(=O)[C@H](Cc3ccccc3)NC(=O)[C@@H](CC(=O)O)CC(C)C)C(C)C)o2)c1. The highest BCUT2D eigenvalue weighted by molar-refractivity contribution is 5.99. The molecule has 0 saturated carbocycles. The fourth-order valence-electron chi connectivity index (χ4n) is 4.75. The van der Waals surface area contributed by atoms with Gasteiger partial charge >= 0.3 is 5.97 Å². The molecule has 3 N–H and O–H groups in total. The average molecular weight is 577 g/mol. The van der Waals surface area contributed by atoms with E-state index in [0.29, 0.717) is 12.8 Å². The van der Waals surface area contributed by atoms with Crippen LogP contribution in [0, 0.1) is 24.7 Å². The van der Waals surface area contributed by atoms with Gasteiger partial charge in [0, 0.05) is 12.3 Å². The van der Waals surface area contributed by atoms with E-state index in [1.807, 2.05) is 75.4 Å². The molecule has 0 aliphatic heterocycles. The van der Waals surface area contributed by atoms with Gasteiger partial charge in [-0.1, -0.05) is 87.9 Å². The molecule has 3 rings (SSSR count). The van der Waals surface area contributed by atoms with E-state index in [2.05, 4.69) is 20.8 Å². The van der Waals surface area contributed by atoms with Crippen LogP contribution < -0.4 is 10.6 Å². The molecule has 0 saturated heterocycles. The molecule has 3 atom stereocenters. The number of rotatable bonds is 15. The lowest BCUT2D eigenvalue weighted by atomic mass is 9.92. The van der Waals surface area contributed by atoms with Crippen molar-refractivity contribution < 1.29 is 28.7 Å². The highest BCUT2D eigenvalue weighted by atomic mass is 16.4. The van der Waals surface area contributed by atoms with E-state index in [1.54, 1.807) is 13.8 Å². The van der Waals surface area contributed by atoms with Crippen molar-refractivity contribution in [2.45, 2.75) is 72.4 Å². The van der Waals surface area contributed by atoms with Crippen molar-refractivity contribution >= 4 is 23.6 Å². The number of aryl methyl sites for hydroxylation is 1. The van der Waals surface area contributed by atoms with Crippen molar-refractivity contribution in [3.05, 3.63) is 83.1 Å². The highest BCUT2D eigenvalue weighted by Crippen LogP contribution is 2.18. The zero-order valence-electron chi connectivity index (χ0n) is 24.8. The Morgan fingerprint density at radius 3 is 2.19 bits per heavy atom. The zero-order valence-corrected chi connectivity index (χ0v) is 24.8. The van der Waals surface area contributed by atoms with Crippen LogP contribution in [0.2, 0.25) is 0 Å². The Morgan fingerprint density at radius 2 is 1.57 bits per heavy atom. The summed E-state index contributed by atoms with van der Waals surface area (Å²) in [6.45, 7) is 9.34. The third-order valence-corrected chi connectivity index (χ3v) is 6.83. The second-order valence-electron chi connectivity index (χ2n) is 11.4. The van der Waals surface area contributed by atoms with Gasteiger partial charge in [0.2, 0.25) is 23.5 Å². The van der Waals surface area contributed by atoms with E-state index in [-0.39, 0.29) is 36.5 Å². The molecule has 224 valence electrons. The first-order valence-corrected chi connectivity index (χ1v) is 14.2. The van der Waals surface area contributed by atoms with Crippen LogP contribution in [0.3, 0.4) is 0 Å². The number of carboxylic acid groups (broad SMARTS) is 1. The van der Waals surface area contributed by atoms with Gasteiger partial charge in [-0.05, 0) is 36.3 Å². The molecule has 0 fully saturated rings. The largest absolute Gasteiger partial charge is 0.481 e. The van der Waals surface area contributed by atoms with Gasteiger partial charge in [-0.3, -0.25) is 19.2 Å². The number of nitrogens with zero attached hydrogens (tertiary/aromatic N) is 2. The number of Topliss-reactive ketones (excluding diaryl/α,β-unsaturated/α-hetero) is 1. The minimum Gasteiger partial charge on any atom is -0.481 e. The first-order valence-electron chi connectivity index (χ1n) is 14.2. The molecule has 0 radical (unpaired) electrons. The number of benzene rings is 2. The van der Waals surface area contributed by atoms with Crippen LogP contribution in [0.4, 0.5) is 0 Å². The van der Waals surface area contributed by atoms with Crippen LogP contribution in [0.5, 0.6) is 0 Å². The third kappa shape index (κ3) is 9.64. The first kappa shape index (κ1) is 32.2. The van der Waals surface area contributed by atoms with Crippen LogP contribution in [-0.2, 0) is 27.2 Å². The fourth-order valence-corrected chi connectivity index (χ4v) is 4.75. The second kappa shape index (κ2) is 15.0. The van der Waals surface area contributed by atoms with E-state index >= 15 is 0 Å². The minimum atomic E-state index is -1.09. The molecule has 42 heavy (non-hydrogen) atoms. The summed E-state index contributed by atoms with van der Waals surface area (Å²) in [4.78, 5) is 51.7. The van der Waals surface area contributed by atoms with Crippen molar-refractivity contribution in [2.24, 2.45) is 17.8 Å². The molecule has 3 aromatic rings. The molecule has 2 amide bonds. The number of aliphatic carboxylic acids is 1. The van der Waals surface area contributed by atoms with Gasteiger partial charge in [-0.2, -0.15) is 0 Å². The van der Waals surface area contributed by atoms with Crippen LogP contribution in [0.15, 0.2) is 59.0 Å². The van der Waals surface area contributed by atoms with E-state index in [1.165, 1.54) is 0 Å². The Morgan fingerprint density at radius 1 is 0.881 bits per heavy atom. The van der Waals surface area contributed by atoms with E-state index < -0.39 is 41.6 Å². The normalized spacial score (nSPS) is 13.4. The lowest BCUT2D eigenvalue weighted by molar-refractivity contribution is -0.141. The molecule has 10 heteroatoms. The predicted molar refractivity (Wildman–Crippen MR) is 157 cm³/mol. The minimum absolute atomic E-state index is 0.0784. The number of carbonyl (C=O) groups is 4. The average Bonchev–Trinajstić information content (AvgIpc) is 3.38. The molecule has 1 aromatic heterocycles. The maximum absolute atomic E-state index is 13.6. The zero-order chi connectivity index (χ0) is 30.8. The van der Waals surface area contributed by atoms with Crippen LogP contribution in [0.25, 0.3) is 0 Å². The molecule has 1 heterocycles. The van der Waals surface area contributed by atoms with Crippen molar-refractivity contribution in [3.8, 4) is 0 Å². The molecular formula is C32H40N4O6. The number of carboxylic acids is 1. The van der Waals surface area contributed by atoms with Gasteiger partial charge in [0.1, 0.15) is 6.04 Å². The summed E-state index contributed by atoms with van der Waals surface area (Å²) in [5, 5.41) is 22.9. The summed E-state index contributed by atoms with van der Waals surface area (Å²) in [6, 6.07) is 14.9. The Balaban J connectivity index is 1.79. The predicted octanol–water partition coefficient (Wildman–Crippen LogP) is 4.16. The summed E-state index contributed by atoms with van der Waals surface area (Å²) in [5.41, 5.74) is 2.84. The summed E-state index contributed by atoms with van der Waals surface area (Å²) in [5.74, 6) is -3.70. The van der Waals surface area contributed by atoms with Crippen molar-refractivity contribution in [1.29, 1.82) is 0 Å². The van der Waals surface area contributed by atoms with Gasteiger partial charge in [-0.25, -0.2) is 0 Å². The maximum atomic E-state index is 13.6. The lowest BCUT2D eigenvalue weighted by Crippen LogP contribution is -2.54. The van der Waals surface area contributed by atoms with Gasteiger partial charge < -0.3 is 20.2 Å². The van der Waals surface area contributed by atoms with Crippen LogP contribution >= 0.6 is 0 Å². The summed E-state index contributed by atoms with van der Waals surface area (Å²) in [7, 11) is 0. The lowest BCUT2D eigenvalue weighted by Gasteiger charge is -2.26. The smallest absolute Gasteiger partial charge is 0.304 e. The van der Waals surface area contributed by atoms with Crippen LogP contribution in [-0.4, -0.2) is 51.0 Å². The molecule has 0 aliphatic rings. The Bertz CT molecular complexity index is 1370. The van der Waals surface area contributed by atoms with Gasteiger partial charge in [0.15, 0.2) is 0 Å². The Hall–Kier alpha value is -4.34. The molecular weight excluding hydrogens is 536 g/mol. The Labute approximate surface area is 246 Å². The molecule has 0 spiro atoms. The van der Waals surface area contributed by atoms with Crippen molar-refractivity contribution in [3.63, 3.8) is 0 Å². The van der Waals surface area contributed by atoms with E-state index in [4.69, 9.17) is 4.42 Å². The molecule has 0 aliphatic carbocycles. The third-order valence-electron chi connectivity index (χ3n) is 6.83. The number of nitrogens with one attached hydrogen (secondary N) is 2. The van der Waals surface area contributed by atoms with Crippen LogP contribution in [0.1, 0.15) is 73.8 Å². The Kier molecular flexibility index (Phi) is 11.5. The topological polar surface area (TPSA) is 151 Å². The molecule has 10 nitrogen and oxygen atoms in total. The quantitative estimate of drug-likeness (QED) is 0.228. The van der Waals surface area contributed by atoms with Gasteiger partial charge in [-0.15, -0.1) is 10.2 Å². The number of carbonyl (C=O) groups excluding carboxylic acids is 3.